The standard InChI is InChI=1S/C22H30N2O3/c1-4-6-13-26-20-11-8-10-19(15-20)24-22(25)16-23-18-9-7-12-21(14-18)27-17(3)5-2/h7-12,14-15,17,23H,4-6,13,16H2,1-3H3,(H,24,25). The molecule has 0 aliphatic carbocycles. The van der Waals surface area contributed by atoms with E-state index in [0.717, 1.165) is 42.1 Å². The average molecular weight is 370 g/mol. The van der Waals surface area contributed by atoms with Gasteiger partial charge in [-0.05, 0) is 44.0 Å². The lowest BCUT2D eigenvalue weighted by Crippen LogP contribution is -2.21. The van der Waals surface area contributed by atoms with Gasteiger partial charge in [0.05, 0.1) is 19.3 Å². The molecule has 0 bridgehead atoms. The van der Waals surface area contributed by atoms with Crippen molar-refractivity contribution in [1.29, 1.82) is 0 Å². The van der Waals surface area contributed by atoms with Crippen LogP contribution in [0.15, 0.2) is 48.5 Å². The van der Waals surface area contributed by atoms with E-state index in [-0.39, 0.29) is 18.6 Å². The van der Waals surface area contributed by atoms with Crippen molar-refractivity contribution in [3.8, 4) is 11.5 Å². The Morgan fingerprint density at radius 1 is 1.04 bits per heavy atom. The van der Waals surface area contributed by atoms with Gasteiger partial charge < -0.3 is 20.1 Å². The van der Waals surface area contributed by atoms with Crippen LogP contribution in [-0.4, -0.2) is 25.2 Å². The molecular formula is C22H30N2O3. The maximum Gasteiger partial charge on any atom is 0.243 e. The summed E-state index contributed by atoms with van der Waals surface area (Å²) in [6, 6.07) is 15.1. The van der Waals surface area contributed by atoms with Crippen LogP contribution < -0.4 is 20.1 Å². The second-order valence-corrected chi connectivity index (χ2v) is 6.50. The molecule has 0 saturated heterocycles. The number of carbonyl (C=O) groups excluding carboxylic acids is 1. The van der Waals surface area contributed by atoms with Gasteiger partial charge in [-0.15, -0.1) is 0 Å². The molecule has 0 fully saturated rings. The summed E-state index contributed by atoms with van der Waals surface area (Å²) in [6.07, 6.45) is 3.21. The van der Waals surface area contributed by atoms with Crippen LogP contribution in [0.3, 0.4) is 0 Å². The highest BCUT2D eigenvalue weighted by atomic mass is 16.5. The molecule has 2 aromatic rings. The minimum absolute atomic E-state index is 0.117. The van der Waals surface area contributed by atoms with Crippen LogP contribution >= 0.6 is 0 Å². The molecule has 0 saturated carbocycles. The van der Waals surface area contributed by atoms with Crippen molar-refractivity contribution < 1.29 is 14.3 Å². The zero-order chi connectivity index (χ0) is 19.5. The van der Waals surface area contributed by atoms with Gasteiger partial charge in [0.1, 0.15) is 11.5 Å². The monoisotopic (exact) mass is 370 g/mol. The van der Waals surface area contributed by atoms with Gasteiger partial charge in [-0.25, -0.2) is 0 Å². The summed E-state index contributed by atoms with van der Waals surface area (Å²) in [4.78, 5) is 12.2. The van der Waals surface area contributed by atoms with Crippen molar-refractivity contribution in [1.82, 2.24) is 0 Å². The Morgan fingerprint density at radius 2 is 1.74 bits per heavy atom. The Hall–Kier alpha value is -2.69. The predicted octanol–water partition coefficient (Wildman–Crippen LogP) is 5.09. The molecule has 27 heavy (non-hydrogen) atoms. The lowest BCUT2D eigenvalue weighted by atomic mass is 10.2. The van der Waals surface area contributed by atoms with Gasteiger partial charge in [0, 0.05) is 23.5 Å². The van der Waals surface area contributed by atoms with Crippen molar-refractivity contribution in [2.45, 2.75) is 46.1 Å². The number of unbranched alkanes of at least 4 members (excludes halogenated alkanes) is 1. The molecule has 1 atom stereocenters. The molecular weight excluding hydrogens is 340 g/mol. The fourth-order valence-corrected chi connectivity index (χ4v) is 2.38. The topological polar surface area (TPSA) is 59.6 Å². The van der Waals surface area contributed by atoms with Crippen LogP contribution in [0.5, 0.6) is 11.5 Å². The molecule has 0 heterocycles. The van der Waals surface area contributed by atoms with Crippen LogP contribution in [-0.2, 0) is 4.79 Å². The summed E-state index contributed by atoms with van der Waals surface area (Å²) in [5, 5.41) is 6.02. The molecule has 1 amide bonds. The molecule has 0 aliphatic heterocycles. The number of benzene rings is 2. The fraction of sp³-hybridized carbons (Fsp3) is 0.409. The Balaban J connectivity index is 1.84. The third kappa shape index (κ3) is 7.60. The summed E-state index contributed by atoms with van der Waals surface area (Å²) < 4.78 is 11.5. The van der Waals surface area contributed by atoms with E-state index in [1.54, 1.807) is 0 Å². The zero-order valence-electron chi connectivity index (χ0n) is 16.5. The molecule has 5 heteroatoms. The lowest BCUT2D eigenvalue weighted by molar-refractivity contribution is -0.114. The first-order chi connectivity index (χ1) is 13.1. The quantitative estimate of drug-likeness (QED) is 0.541. The number of rotatable bonds is 11. The summed E-state index contributed by atoms with van der Waals surface area (Å²) in [5.74, 6) is 1.45. The highest BCUT2D eigenvalue weighted by Crippen LogP contribution is 2.20. The van der Waals surface area contributed by atoms with Gasteiger partial charge in [0.15, 0.2) is 0 Å². The van der Waals surface area contributed by atoms with E-state index >= 15 is 0 Å². The SMILES string of the molecule is CCCCOc1cccc(NC(=O)CNc2cccc(OC(C)CC)c2)c1. The van der Waals surface area contributed by atoms with Crippen LogP contribution in [0, 0.1) is 0 Å². The number of hydrogen-bond donors (Lipinski definition) is 2. The number of ether oxygens (including phenoxy) is 2. The number of anilines is 2. The maximum atomic E-state index is 12.2. The van der Waals surface area contributed by atoms with E-state index in [4.69, 9.17) is 9.47 Å². The first kappa shape index (κ1) is 20.6. The Labute approximate surface area is 162 Å². The number of amides is 1. The van der Waals surface area contributed by atoms with Gasteiger partial charge in [-0.2, -0.15) is 0 Å². The Kier molecular flexibility index (Phi) is 8.49. The maximum absolute atomic E-state index is 12.2. The largest absolute Gasteiger partial charge is 0.494 e. The number of nitrogens with one attached hydrogen (secondary N) is 2. The molecule has 2 aromatic carbocycles. The molecule has 146 valence electrons. The lowest BCUT2D eigenvalue weighted by Gasteiger charge is -2.14. The summed E-state index contributed by atoms with van der Waals surface area (Å²) in [7, 11) is 0. The number of carbonyl (C=O) groups is 1. The third-order valence-corrected chi connectivity index (χ3v) is 4.08. The van der Waals surface area contributed by atoms with Crippen LogP contribution in [0.2, 0.25) is 0 Å². The van der Waals surface area contributed by atoms with E-state index in [2.05, 4.69) is 24.5 Å². The van der Waals surface area contributed by atoms with Crippen molar-refractivity contribution in [2.75, 3.05) is 23.8 Å². The van der Waals surface area contributed by atoms with Gasteiger partial charge >= 0.3 is 0 Å². The molecule has 2 rings (SSSR count). The van der Waals surface area contributed by atoms with Gasteiger partial charge in [0.2, 0.25) is 5.91 Å². The van der Waals surface area contributed by atoms with Crippen molar-refractivity contribution >= 4 is 17.3 Å². The van der Waals surface area contributed by atoms with Crippen LogP contribution in [0.25, 0.3) is 0 Å². The van der Waals surface area contributed by atoms with E-state index < -0.39 is 0 Å². The molecule has 5 nitrogen and oxygen atoms in total. The van der Waals surface area contributed by atoms with Gasteiger partial charge in [0.25, 0.3) is 0 Å². The zero-order valence-corrected chi connectivity index (χ0v) is 16.5. The first-order valence-electron chi connectivity index (χ1n) is 9.64. The number of hydrogen-bond acceptors (Lipinski definition) is 4. The predicted molar refractivity (Wildman–Crippen MR) is 111 cm³/mol. The van der Waals surface area contributed by atoms with Crippen molar-refractivity contribution in [3.63, 3.8) is 0 Å². The summed E-state index contributed by atoms with van der Waals surface area (Å²) in [6.45, 7) is 7.10. The molecule has 1 unspecified atom stereocenters. The smallest absolute Gasteiger partial charge is 0.243 e. The van der Waals surface area contributed by atoms with Crippen molar-refractivity contribution in [2.24, 2.45) is 0 Å². The van der Waals surface area contributed by atoms with Gasteiger partial charge in [-0.3, -0.25) is 4.79 Å². The molecule has 0 spiro atoms. The van der Waals surface area contributed by atoms with E-state index in [0.29, 0.717) is 6.61 Å². The van der Waals surface area contributed by atoms with E-state index in [1.165, 1.54) is 0 Å². The third-order valence-electron chi connectivity index (χ3n) is 4.08. The second-order valence-electron chi connectivity index (χ2n) is 6.50. The van der Waals surface area contributed by atoms with Gasteiger partial charge in [-0.1, -0.05) is 32.4 Å². The summed E-state index contributed by atoms with van der Waals surface area (Å²) in [5.41, 5.74) is 1.58. The first-order valence-corrected chi connectivity index (χ1v) is 9.64. The Bertz CT molecular complexity index is 718. The van der Waals surface area contributed by atoms with E-state index in [9.17, 15) is 4.79 Å². The normalized spacial score (nSPS) is 11.5. The second kappa shape index (κ2) is 11.1. The molecule has 0 radical (unpaired) electrons. The molecule has 0 aliphatic rings. The van der Waals surface area contributed by atoms with Crippen LogP contribution in [0.1, 0.15) is 40.0 Å². The van der Waals surface area contributed by atoms with E-state index in [1.807, 2.05) is 55.5 Å². The minimum Gasteiger partial charge on any atom is -0.494 e. The van der Waals surface area contributed by atoms with Crippen molar-refractivity contribution in [3.05, 3.63) is 48.5 Å². The fourth-order valence-electron chi connectivity index (χ4n) is 2.38. The highest BCUT2D eigenvalue weighted by Gasteiger charge is 2.05. The highest BCUT2D eigenvalue weighted by molar-refractivity contribution is 5.93. The Morgan fingerprint density at radius 3 is 2.48 bits per heavy atom. The minimum atomic E-state index is -0.117. The molecule has 2 N–H and O–H groups in total. The average Bonchev–Trinajstić information content (AvgIpc) is 2.67. The summed E-state index contributed by atoms with van der Waals surface area (Å²) >= 11 is 0. The molecule has 0 aromatic heterocycles. The van der Waals surface area contributed by atoms with Crippen LogP contribution in [0.4, 0.5) is 11.4 Å².